The number of hydrogen-bond donors (Lipinski definition) is 0. The fraction of sp³-hybridized carbons (Fsp3) is 0.919. The zero-order valence-corrected chi connectivity index (χ0v) is 46.2. The zero-order chi connectivity index (χ0) is 49.3. The lowest BCUT2D eigenvalue weighted by Crippen LogP contribution is -2.30. The molecule has 0 aromatic rings. The van der Waals surface area contributed by atoms with E-state index in [1.807, 2.05) is 0 Å². The van der Waals surface area contributed by atoms with Crippen molar-refractivity contribution >= 4 is 17.9 Å². The highest BCUT2D eigenvalue weighted by atomic mass is 16.6. The van der Waals surface area contributed by atoms with Gasteiger partial charge in [-0.2, -0.15) is 0 Å². The molecule has 1 unspecified atom stereocenters. The van der Waals surface area contributed by atoms with Crippen molar-refractivity contribution < 1.29 is 28.6 Å². The highest BCUT2D eigenvalue weighted by Gasteiger charge is 2.19. The third kappa shape index (κ3) is 55.1. The van der Waals surface area contributed by atoms with Gasteiger partial charge in [-0.25, -0.2) is 0 Å². The summed E-state index contributed by atoms with van der Waals surface area (Å²) in [5.41, 5.74) is 0. The Bertz CT molecular complexity index is 1060. The molecule has 1 atom stereocenters. The van der Waals surface area contributed by atoms with E-state index >= 15 is 0 Å². The summed E-state index contributed by atoms with van der Waals surface area (Å²) >= 11 is 0. The van der Waals surface area contributed by atoms with E-state index in [1.54, 1.807) is 0 Å². The first-order valence-corrected chi connectivity index (χ1v) is 30.7. The molecule has 0 fully saturated rings. The Kier molecular flexibility index (Phi) is 56.2. The van der Waals surface area contributed by atoms with Crippen LogP contribution in [0.2, 0.25) is 0 Å². The highest BCUT2D eigenvalue weighted by molar-refractivity contribution is 5.71. The van der Waals surface area contributed by atoms with Gasteiger partial charge in [0.25, 0.3) is 0 Å². The van der Waals surface area contributed by atoms with Crippen molar-refractivity contribution in [2.24, 2.45) is 0 Å². The molecule has 6 heteroatoms. The molecule has 6 nitrogen and oxygen atoms in total. The van der Waals surface area contributed by atoms with Crippen molar-refractivity contribution in [3.63, 3.8) is 0 Å². The molecular formula is C62H118O6. The van der Waals surface area contributed by atoms with E-state index < -0.39 is 6.10 Å². The Balaban J connectivity index is 4.29. The molecule has 0 radical (unpaired) electrons. The molecule has 0 aliphatic carbocycles. The number of carbonyl (C=O) groups is 3. The van der Waals surface area contributed by atoms with Gasteiger partial charge in [-0.1, -0.05) is 296 Å². The smallest absolute Gasteiger partial charge is 0.306 e. The van der Waals surface area contributed by atoms with Crippen LogP contribution in [0.3, 0.4) is 0 Å². The summed E-state index contributed by atoms with van der Waals surface area (Å²) in [5, 5.41) is 0. The van der Waals surface area contributed by atoms with Crippen LogP contribution in [-0.4, -0.2) is 37.2 Å². The number of allylic oxidation sites excluding steroid dienone is 2. The van der Waals surface area contributed by atoms with Crippen LogP contribution < -0.4 is 0 Å². The maximum Gasteiger partial charge on any atom is 0.306 e. The second-order valence-corrected chi connectivity index (χ2v) is 21.0. The largest absolute Gasteiger partial charge is 0.462 e. The van der Waals surface area contributed by atoms with Gasteiger partial charge in [0.15, 0.2) is 6.10 Å². The Labute approximate surface area is 424 Å². The average Bonchev–Trinajstić information content (AvgIpc) is 3.34. The molecule has 0 aliphatic heterocycles. The second-order valence-electron chi connectivity index (χ2n) is 21.0. The van der Waals surface area contributed by atoms with Gasteiger partial charge in [-0.15, -0.1) is 0 Å². The van der Waals surface area contributed by atoms with E-state index in [-0.39, 0.29) is 31.1 Å². The van der Waals surface area contributed by atoms with Crippen molar-refractivity contribution in [1.82, 2.24) is 0 Å². The zero-order valence-electron chi connectivity index (χ0n) is 46.2. The third-order valence-electron chi connectivity index (χ3n) is 14.0. The maximum absolute atomic E-state index is 12.9. The fourth-order valence-electron chi connectivity index (χ4n) is 9.38. The Morgan fingerprint density at radius 2 is 0.485 bits per heavy atom. The summed E-state index contributed by atoms with van der Waals surface area (Å²) in [6, 6.07) is 0. The molecule has 0 saturated heterocycles. The normalized spacial score (nSPS) is 12.0. The van der Waals surface area contributed by atoms with Gasteiger partial charge in [-0.3, -0.25) is 14.4 Å². The van der Waals surface area contributed by atoms with Gasteiger partial charge in [0.05, 0.1) is 0 Å². The van der Waals surface area contributed by atoms with E-state index in [0.717, 1.165) is 57.8 Å². The predicted molar refractivity (Wildman–Crippen MR) is 293 cm³/mol. The van der Waals surface area contributed by atoms with Crippen LogP contribution in [0.25, 0.3) is 0 Å². The molecule has 0 amide bonds. The number of hydrogen-bond acceptors (Lipinski definition) is 6. The van der Waals surface area contributed by atoms with E-state index in [2.05, 4.69) is 32.9 Å². The van der Waals surface area contributed by atoms with Crippen molar-refractivity contribution in [1.29, 1.82) is 0 Å². The van der Waals surface area contributed by atoms with Crippen LogP contribution in [0.4, 0.5) is 0 Å². The standard InChI is InChI=1S/C62H118O6/c1-4-7-10-13-16-19-22-25-27-29-31-33-34-37-40-43-46-49-52-55-61(64)67-58-59(57-66-60(63)54-51-48-45-42-39-36-24-21-18-15-12-9-6-3)68-62(65)56-53-50-47-44-41-38-35-32-30-28-26-23-20-17-14-11-8-5-2/h28,30,59H,4-27,29,31-58H2,1-3H3/b30-28-. The summed E-state index contributed by atoms with van der Waals surface area (Å²) in [4.78, 5) is 38.2. The molecule has 0 rings (SSSR count). The van der Waals surface area contributed by atoms with Gasteiger partial charge in [-0.05, 0) is 44.9 Å². The van der Waals surface area contributed by atoms with Gasteiger partial charge in [0.2, 0.25) is 0 Å². The van der Waals surface area contributed by atoms with Gasteiger partial charge >= 0.3 is 17.9 Å². The van der Waals surface area contributed by atoms with Crippen LogP contribution in [-0.2, 0) is 28.6 Å². The molecule has 0 spiro atoms. The number of esters is 3. The molecule has 402 valence electrons. The first kappa shape index (κ1) is 66.2. The predicted octanol–water partition coefficient (Wildman–Crippen LogP) is 20.5. The minimum absolute atomic E-state index is 0.0654. The summed E-state index contributed by atoms with van der Waals surface area (Å²) in [5.74, 6) is -0.842. The van der Waals surface area contributed by atoms with E-state index in [0.29, 0.717) is 19.3 Å². The van der Waals surface area contributed by atoms with Crippen LogP contribution in [0.1, 0.15) is 348 Å². The quantitative estimate of drug-likeness (QED) is 0.0262. The number of unbranched alkanes of at least 4 members (excludes halogenated alkanes) is 44. The molecule has 0 heterocycles. The van der Waals surface area contributed by atoms with Crippen LogP contribution in [0.5, 0.6) is 0 Å². The first-order chi connectivity index (χ1) is 33.5. The SMILES string of the molecule is CCCCCCCCC/C=C\CCCCCCCCCC(=O)OC(COC(=O)CCCCCCCCCCCCCCC)COC(=O)CCCCCCCCCCCCCCCCCCCCC. The molecule has 0 aromatic heterocycles. The summed E-state index contributed by atoms with van der Waals surface area (Å²) in [6.07, 6.45) is 66.4. The van der Waals surface area contributed by atoms with Gasteiger partial charge < -0.3 is 14.2 Å². The van der Waals surface area contributed by atoms with E-state index in [9.17, 15) is 14.4 Å². The summed E-state index contributed by atoms with van der Waals surface area (Å²) in [7, 11) is 0. The minimum atomic E-state index is -0.767. The Morgan fingerprint density at radius 1 is 0.279 bits per heavy atom. The third-order valence-corrected chi connectivity index (χ3v) is 14.0. The second kappa shape index (κ2) is 57.7. The lowest BCUT2D eigenvalue weighted by molar-refractivity contribution is -0.167. The minimum Gasteiger partial charge on any atom is -0.462 e. The highest BCUT2D eigenvalue weighted by Crippen LogP contribution is 2.18. The molecule has 0 aromatic carbocycles. The van der Waals surface area contributed by atoms with Crippen LogP contribution >= 0.6 is 0 Å². The Morgan fingerprint density at radius 3 is 0.735 bits per heavy atom. The van der Waals surface area contributed by atoms with Crippen molar-refractivity contribution in [3.05, 3.63) is 12.2 Å². The van der Waals surface area contributed by atoms with Crippen molar-refractivity contribution in [2.45, 2.75) is 354 Å². The number of ether oxygens (including phenoxy) is 3. The molecule has 0 N–H and O–H groups in total. The molecule has 0 aliphatic rings. The average molecular weight is 960 g/mol. The lowest BCUT2D eigenvalue weighted by atomic mass is 10.0. The molecule has 0 saturated carbocycles. The van der Waals surface area contributed by atoms with Crippen LogP contribution in [0, 0.1) is 0 Å². The fourth-order valence-corrected chi connectivity index (χ4v) is 9.38. The van der Waals surface area contributed by atoms with Crippen LogP contribution in [0.15, 0.2) is 12.2 Å². The van der Waals surface area contributed by atoms with E-state index in [4.69, 9.17) is 14.2 Å². The van der Waals surface area contributed by atoms with Gasteiger partial charge in [0.1, 0.15) is 13.2 Å². The van der Waals surface area contributed by atoms with Gasteiger partial charge in [0, 0.05) is 19.3 Å². The van der Waals surface area contributed by atoms with Crippen molar-refractivity contribution in [2.75, 3.05) is 13.2 Å². The van der Waals surface area contributed by atoms with E-state index in [1.165, 1.54) is 250 Å². The number of rotatable bonds is 57. The van der Waals surface area contributed by atoms with Crippen molar-refractivity contribution in [3.8, 4) is 0 Å². The monoisotopic (exact) mass is 959 g/mol. The molecule has 0 bridgehead atoms. The molecular weight excluding hydrogens is 841 g/mol. The summed E-state index contributed by atoms with van der Waals surface area (Å²) < 4.78 is 16.9. The number of carbonyl (C=O) groups excluding carboxylic acids is 3. The molecule has 68 heavy (non-hydrogen) atoms. The topological polar surface area (TPSA) is 78.9 Å². The first-order valence-electron chi connectivity index (χ1n) is 30.7. The Hall–Kier alpha value is -1.85. The maximum atomic E-state index is 12.9. The lowest BCUT2D eigenvalue weighted by Gasteiger charge is -2.18. The summed E-state index contributed by atoms with van der Waals surface area (Å²) in [6.45, 7) is 6.70.